The molecule has 2 aromatic rings. The van der Waals surface area contributed by atoms with E-state index in [4.69, 9.17) is 27.9 Å². The number of benzene rings is 1. The summed E-state index contributed by atoms with van der Waals surface area (Å²) in [7, 11) is 0. The highest BCUT2D eigenvalue weighted by atomic mass is 35.5. The first kappa shape index (κ1) is 17.7. The van der Waals surface area contributed by atoms with Crippen molar-refractivity contribution >= 4 is 46.7 Å². The molecule has 0 bridgehead atoms. The van der Waals surface area contributed by atoms with Crippen molar-refractivity contribution in [2.75, 3.05) is 36.5 Å². The van der Waals surface area contributed by atoms with Gasteiger partial charge in [-0.1, -0.05) is 29.3 Å². The van der Waals surface area contributed by atoms with Crippen LogP contribution in [0.25, 0.3) is 6.08 Å². The number of carbonyl (C=O) groups is 1. The van der Waals surface area contributed by atoms with Crippen LogP contribution < -0.4 is 10.2 Å². The maximum Gasteiger partial charge on any atom is 0.248 e. The van der Waals surface area contributed by atoms with E-state index in [1.807, 2.05) is 6.07 Å². The quantitative estimate of drug-likeness (QED) is 0.821. The molecule has 0 aliphatic carbocycles. The summed E-state index contributed by atoms with van der Waals surface area (Å²) in [4.78, 5) is 18.8. The lowest BCUT2D eigenvalue weighted by Crippen LogP contribution is -2.37. The van der Waals surface area contributed by atoms with Gasteiger partial charge in [-0.3, -0.25) is 4.79 Å². The van der Waals surface area contributed by atoms with Gasteiger partial charge in [0, 0.05) is 41.0 Å². The Bertz CT molecular complexity index is 769. The van der Waals surface area contributed by atoms with Crippen molar-refractivity contribution in [1.82, 2.24) is 4.98 Å². The number of nitrogens with zero attached hydrogens (tertiary/aromatic N) is 2. The monoisotopic (exact) mass is 377 g/mol. The number of rotatable bonds is 4. The summed E-state index contributed by atoms with van der Waals surface area (Å²) in [5.41, 5.74) is 1.27. The predicted octanol–water partition coefficient (Wildman–Crippen LogP) is 3.88. The van der Waals surface area contributed by atoms with E-state index in [0.717, 1.165) is 18.9 Å². The van der Waals surface area contributed by atoms with Crippen molar-refractivity contribution < 1.29 is 9.53 Å². The minimum Gasteiger partial charge on any atom is -0.378 e. The largest absolute Gasteiger partial charge is 0.378 e. The van der Waals surface area contributed by atoms with Gasteiger partial charge in [0.2, 0.25) is 5.91 Å². The summed E-state index contributed by atoms with van der Waals surface area (Å²) in [5, 5.41) is 3.85. The molecule has 1 aromatic carbocycles. The van der Waals surface area contributed by atoms with Gasteiger partial charge in [0.05, 0.1) is 18.9 Å². The molecule has 2 heterocycles. The van der Waals surface area contributed by atoms with Crippen molar-refractivity contribution in [3.63, 3.8) is 0 Å². The van der Waals surface area contributed by atoms with Crippen LogP contribution in [-0.4, -0.2) is 37.2 Å². The molecule has 130 valence electrons. The van der Waals surface area contributed by atoms with Crippen LogP contribution in [0.1, 0.15) is 5.56 Å². The van der Waals surface area contributed by atoms with E-state index in [-0.39, 0.29) is 5.91 Å². The van der Waals surface area contributed by atoms with Gasteiger partial charge < -0.3 is 15.0 Å². The molecule has 1 aromatic heterocycles. The molecule has 1 aliphatic heterocycles. The Morgan fingerprint density at radius 2 is 1.88 bits per heavy atom. The molecular weight excluding hydrogens is 361 g/mol. The number of morpholine rings is 1. The zero-order valence-electron chi connectivity index (χ0n) is 13.4. The zero-order chi connectivity index (χ0) is 17.6. The standard InChI is InChI=1S/C18H17Cl2N3O2/c19-14-3-1-4-15(20)13(14)6-7-17(24)22-16-5-2-8-21-18(16)23-9-11-25-12-10-23/h1-8H,9-12H2,(H,22,24)/b7-6+. The van der Waals surface area contributed by atoms with Gasteiger partial charge in [0.1, 0.15) is 0 Å². The molecule has 1 aliphatic rings. The van der Waals surface area contributed by atoms with E-state index in [0.29, 0.717) is 34.5 Å². The third-order valence-electron chi connectivity index (χ3n) is 3.76. The third-order valence-corrected chi connectivity index (χ3v) is 4.42. The van der Waals surface area contributed by atoms with Gasteiger partial charge in [-0.2, -0.15) is 0 Å². The number of amides is 1. The number of nitrogens with one attached hydrogen (secondary N) is 1. The van der Waals surface area contributed by atoms with E-state index < -0.39 is 0 Å². The van der Waals surface area contributed by atoms with Crippen LogP contribution in [0.4, 0.5) is 11.5 Å². The predicted molar refractivity (Wildman–Crippen MR) is 101 cm³/mol. The topological polar surface area (TPSA) is 54.5 Å². The summed E-state index contributed by atoms with van der Waals surface area (Å²) in [5.74, 6) is 0.460. The Labute approximate surface area is 156 Å². The highest BCUT2D eigenvalue weighted by Crippen LogP contribution is 2.26. The van der Waals surface area contributed by atoms with Crippen LogP contribution >= 0.6 is 23.2 Å². The number of anilines is 2. The number of carbonyl (C=O) groups excluding carboxylic acids is 1. The Morgan fingerprint density at radius 1 is 1.16 bits per heavy atom. The van der Waals surface area contributed by atoms with E-state index in [1.165, 1.54) is 6.08 Å². The zero-order valence-corrected chi connectivity index (χ0v) is 14.9. The molecule has 0 radical (unpaired) electrons. The van der Waals surface area contributed by atoms with Crippen LogP contribution in [0.5, 0.6) is 0 Å². The lowest BCUT2D eigenvalue weighted by Gasteiger charge is -2.29. The van der Waals surface area contributed by atoms with Gasteiger partial charge in [-0.25, -0.2) is 4.98 Å². The summed E-state index contributed by atoms with van der Waals surface area (Å²) >= 11 is 12.2. The summed E-state index contributed by atoms with van der Waals surface area (Å²) in [6, 6.07) is 8.82. The smallest absolute Gasteiger partial charge is 0.248 e. The van der Waals surface area contributed by atoms with Gasteiger partial charge in [0.25, 0.3) is 0 Å². The van der Waals surface area contributed by atoms with Crippen LogP contribution in [0, 0.1) is 0 Å². The molecule has 25 heavy (non-hydrogen) atoms. The molecule has 5 nitrogen and oxygen atoms in total. The lowest BCUT2D eigenvalue weighted by atomic mass is 10.2. The molecule has 1 N–H and O–H groups in total. The molecule has 1 amide bonds. The van der Waals surface area contributed by atoms with E-state index in [1.54, 1.807) is 36.5 Å². The van der Waals surface area contributed by atoms with Crippen molar-refractivity contribution in [2.45, 2.75) is 0 Å². The molecule has 0 unspecified atom stereocenters. The third kappa shape index (κ3) is 4.51. The van der Waals surface area contributed by atoms with Crippen molar-refractivity contribution in [1.29, 1.82) is 0 Å². The average molecular weight is 378 g/mol. The van der Waals surface area contributed by atoms with E-state index in [2.05, 4.69) is 15.2 Å². The number of ether oxygens (including phenoxy) is 1. The van der Waals surface area contributed by atoms with Gasteiger partial charge in [-0.05, 0) is 30.3 Å². The molecule has 3 rings (SSSR count). The summed E-state index contributed by atoms with van der Waals surface area (Å²) in [6.45, 7) is 2.78. The second-order valence-corrected chi connectivity index (χ2v) is 6.25. The minimum absolute atomic E-state index is 0.279. The molecule has 0 atom stereocenters. The fraction of sp³-hybridized carbons (Fsp3) is 0.222. The van der Waals surface area contributed by atoms with E-state index >= 15 is 0 Å². The fourth-order valence-corrected chi connectivity index (χ4v) is 3.05. The van der Waals surface area contributed by atoms with Crippen molar-refractivity contribution in [3.8, 4) is 0 Å². The molecule has 7 heteroatoms. The maximum absolute atomic E-state index is 12.3. The maximum atomic E-state index is 12.3. The van der Waals surface area contributed by atoms with Crippen molar-refractivity contribution in [2.24, 2.45) is 0 Å². The number of halogens is 2. The normalized spacial score (nSPS) is 14.7. The van der Waals surface area contributed by atoms with Gasteiger partial charge in [-0.15, -0.1) is 0 Å². The number of hydrogen-bond acceptors (Lipinski definition) is 4. The molecular formula is C18H17Cl2N3O2. The van der Waals surface area contributed by atoms with E-state index in [9.17, 15) is 4.79 Å². The second kappa shape index (κ2) is 8.34. The number of hydrogen-bond donors (Lipinski definition) is 1. The number of aromatic nitrogens is 1. The SMILES string of the molecule is O=C(/C=C/c1c(Cl)cccc1Cl)Nc1cccnc1N1CCOCC1. The summed E-state index contributed by atoms with van der Waals surface area (Å²) in [6.07, 6.45) is 4.72. The van der Waals surface area contributed by atoms with Crippen LogP contribution in [0.2, 0.25) is 10.0 Å². The Kier molecular flexibility index (Phi) is 5.91. The highest BCUT2D eigenvalue weighted by molar-refractivity contribution is 6.37. The van der Waals surface area contributed by atoms with Crippen LogP contribution in [-0.2, 0) is 9.53 Å². The highest BCUT2D eigenvalue weighted by Gasteiger charge is 2.16. The Morgan fingerprint density at radius 3 is 2.60 bits per heavy atom. The first-order chi connectivity index (χ1) is 12.1. The lowest BCUT2D eigenvalue weighted by molar-refractivity contribution is -0.111. The molecule has 0 saturated carbocycles. The molecule has 0 spiro atoms. The van der Waals surface area contributed by atoms with Gasteiger partial charge in [0.15, 0.2) is 5.82 Å². The minimum atomic E-state index is -0.279. The van der Waals surface area contributed by atoms with Crippen LogP contribution in [0.15, 0.2) is 42.6 Å². The van der Waals surface area contributed by atoms with Gasteiger partial charge >= 0.3 is 0 Å². The number of pyridine rings is 1. The first-order valence-electron chi connectivity index (χ1n) is 7.86. The Hall–Kier alpha value is -2.08. The fourth-order valence-electron chi connectivity index (χ4n) is 2.53. The van der Waals surface area contributed by atoms with Crippen molar-refractivity contribution in [3.05, 3.63) is 58.2 Å². The second-order valence-electron chi connectivity index (χ2n) is 5.43. The van der Waals surface area contributed by atoms with Crippen LogP contribution in [0.3, 0.4) is 0 Å². The summed E-state index contributed by atoms with van der Waals surface area (Å²) < 4.78 is 5.36. The molecule has 1 fully saturated rings. The molecule has 1 saturated heterocycles. The average Bonchev–Trinajstić information content (AvgIpc) is 2.62. The Balaban J connectivity index is 1.74. The first-order valence-corrected chi connectivity index (χ1v) is 8.61.